The predicted molar refractivity (Wildman–Crippen MR) is 163 cm³/mol. The molecule has 9 heteroatoms. The first-order valence-corrected chi connectivity index (χ1v) is 15.9. The van der Waals surface area contributed by atoms with Crippen molar-refractivity contribution in [3.05, 3.63) is 94.5 Å². The molecule has 3 aromatic rings. The van der Waals surface area contributed by atoms with Gasteiger partial charge in [-0.1, -0.05) is 73.8 Å². The molecule has 4 rings (SSSR count). The molecule has 2 amide bonds. The quantitative estimate of drug-likeness (QED) is 0.294. The van der Waals surface area contributed by atoms with Crippen LogP contribution in [0.2, 0.25) is 5.02 Å². The molecule has 1 aliphatic carbocycles. The van der Waals surface area contributed by atoms with E-state index in [0.29, 0.717) is 22.7 Å². The van der Waals surface area contributed by atoms with Gasteiger partial charge >= 0.3 is 0 Å². The first-order valence-electron chi connectivity index (χ1n) is 14.1. The molecule has 3 aromatic carbocycles. The fourth-order valence-corrected chi connectivity index (χ4v) is 7.05. The molecule has 1 saturated carbocycles. The first kappa shape index (κ1) is 30.6. The summed E-state index contributed by atoms with van der Waals surface area (Å²) in [7, 11) is -4.11. The van der Waals surface area contributed by atoms with Crippen molar-refractivity contribution in [2.24, 2.45) is 0 Å². The van der Waals surface area contributed by atoms with Gasteiger partial charge in [-0.15, -0.1) is 0 Å². The number of nitrogens with zero attached hydrogens (tertiary/aromatic N) is 2. The van der Waals surface area contributed by atoms with Gasteiger partial charge in [0.2, 0.25) is 11.8 Å². The highest BCUT2D eigenvalue weighted by Crippen LogP contribution is 2.28. The SMILES string of the molecule is CC[C@H](C(=O)NC1CCCC1)N(Cc1ccccc1Cl)C(=O)CN(c1cc(C)cc(C)c1)S(=O)(=O)c1ccccc1. The second kappa shape index (κ2) is 13.5. The lowest BCUT2D eigenvalue weighted by molar-refractivity contribution is -0.140. The highest BCUT2D eigenvalue weighted by molar-refractivity contribution is 7.92. The van der Waals surface area contributed by atoms with Crippen LogP contribution in [0.25, 0.3) is 0 Å². The molecule has 41 heavy (non-hydrogen) atoms. The number of nitrogens with one attached hydrogen (secondary N) is 1. The van der Waals surface area contributed by atoms with E-state index in [0.717, 1.165) is 41.1 Å². The number of rotatable bonds is 11. The first-order chi connectivity index (χ1) is 19.6. The number of halogens is 1. The Bertz CT molecular complexity index is 1450. The zero-order valence-electron chi connectivity index (χ0n) is 23.8. The maximum atomic E-state index is 14.2. The van der Waals surface area contributed by atoms with Crippen molar-refractivity contribution < 1.29 is 18.0 Å². The van der Waals surface area contributed by atoms with Crippen LogP contribution < -0.4 is 9.62 Å². The van der Waals surface area contributed by atoms with Crippen molar-refractivity contribution in [2.45, 2.75) is 76.4 Å². The zero-order valence-corrected chi connectivity index (χ0v) is 25.4. The Morgan fingerprint density at radius 3 is 2.17 bits per heavy atom. The third-order valence-electron chi connectivity index (χ3n) is 7.49. The van der Waals surface area contributed by atoms with Gasteiger partial charge in [0, 0.05) is 17.6 Å². The molecule has 0 bridgehead atoms. The van der Waals surface area contributed by atoms with E-state index < -0.39 is 28.5 Å². The van der Waals surface area contributed by atoms with E-state index in [1.165, 1.54) is 17.0 Å². The highest BCUT2D eigenvalue weighted by Gasteiger charge is 2.35. The normalized spacial score (nSPS) is 14.4. The number of anilines is 1. The molecule has 0 radical (unpaired) electrons. The van der Waals surface area contributed by atoms with E-state index in [1.54, 1.807) is 42.5 Å². The number of sulfonamides is 1. The number of aryl methyl sites for hydroxylation is 2. The summed E-state index contributed by atoms with van der Waals surface area (Å²) in [5, 5.41) is 3.60. The molecular weight excluding hydrogens is 558 g/mol. The average molecular weight is 596 g/mol. The molecule has 0 spiro atoms. The molecule has 0 aromatic heterocycles. The number of carbonyl (C=O) groups is 2. The number of carbonyl (C=O) groups excluding carboxylic acids is 2. The summed E-state index contributed by atoms with van der Waals surface area (Å²) in [6.07, 6.45) is 4.31. The summed E-state index contributed by atoms with van der Waals surface area (Å²) in [6, 6.07) is 20.0. The van der Waals surface area contributed by atoms with Gasteiger partial charge in [-0.05, 0) is 80.1 Å². The van der Waals surface area contributed by atoms with E-state index in [9.17, 15) is 18.0 Å². The summed E-state index contributed by atoms with van der Waals surface area (Å²) in [6.45, 7) is 5.22. The lowest BCUT2D eigenvalue weighted by Gasteiger charge is -2.34. The fourth-order valence-electron chi connectivity index (χ4n) is 5.44. The van der Waals surface area contributed by atoms with Crippen molar-refractivity contribution in [2.75, 3.05) is 10.8 Å². The van der Waals surface area contributed by atoms with Gasteiger partial charge in [0.15, 0.2) is 0 Å². The lowest BCUT2D eigenvalue weighted by atomic mass is 10.1. The van der Waals surface area contributed by atoms with E-state index in [2.05, 4.69) is 5.32 Å². The maximum Gasteiger partial charge on any atom is 0.264 e. The van der Waals surface area contributed by atoms with Crippen LogP contribution in [0.1, 0.15) is 55.7 Å². The third-order valence-corrected chi connectivity index (χ3v) is 9.65. The van der Waals surface area contributed by atoms with Crippen molar-refractivity contribution in [1.82, 2.24) is 10.2 Å². The van der Waals surface area contributed by atoms with E-state index in [1.807, 2.05) is 39.0 Å². The Morgan fingerprint density at radius 1 is 0.951 bits per heavy atom. The molecule has 218 valence electrons. The third kappa shape index (κ3) is 7.49. The summed E-state index contributed by atoms with van der Waals surface area (Å²) in [5.74, 6) is -0.722. The van der Waals surface area contributed by atoms with Crippen molar-refractivity contribution in [1.29, 1.82) is 0 Å². The number of hydrogen-bond acceptors (Lipinski definition) is 4. The van der Waals surface area contributed by atoms with Gasteiger partial charge in [0.05, 0.1) is 10.6 Å². The van der Waals surface area contributed by atoms with Gasteiger partial charge < -0.3 is 10.2 Å². The smallest absolute Gasteiger partial charge is 0.264 e. The number of benzene rings is 3. The standard InChI is InChI=1S/C32H38ClN3O4S/c1-4-30(32(38)34-26-13-9-10-14-26)35(21-25-12-8-11-17-29(25)33)31(37)22-36(27-19-23(2)18-24(3)20-27)41(39,40)28-15-6-5-7-16-28/h5-8,11-12,15-20,26,30H,4,9-10,13-14,21-22H2,1-3H3,(H,34,38)/t30-/m1/s1. The predicted octanol–water partition coefficient (Wildman–Crippen LogP) is 6.02. The zero-order chi connectivity index (χ0) is 29.6. The Kier molecular flexibility index (Phi) is 10.1. The summed E-state index contributed by atoms with van der Waals surface area (Å²) >= 11 is 6.48. The minimum absolute atomic E-state index is 0.0706. The van der Waals surface area contributed by atoms with Gasteiger partial charge in [-0.25, -0.2) is 8.42 Å². The number of amides is 2. The van der Waals surface area contributed by atoms with Crippen LogP contribution in [0.15, 0.2) is 77.7 Å². The van der Waals surface area contributed by atoms with Crippen LogP contribution in [-0.2, 0) is 26.2 Å². The average Bonchev–Trinajstić information content (AvgIpc) is 3.45. The summed E-state index contributed by atoms with van der Waals surface area (Å²) in [4.78, 5) is 29.3. The monoisotopic (exact) mass is 595 g/mol. The topological polar surface area (TPSA) is 86.8 Å². The molecule has 1 fully saturated rings. The molecule has 0 unspecified atom stereocenters. The van der Waals surface area contributed by atoms with Crippen LogP contribution in [0.4, 0.5) is 5.69 Å². The van der Waals surface area contributed by atoms with E-state index >= 15 is 0 Å². The van der Waals surface area contributed by atoms with Gasteiger partial charge in [0.25, 0.3) is 10.0 Å². The van der Waals surface area contributed by atoms with Crippen LogP contribution in [0, 0.1) is 13.8 Å². The molecule has 0 saturated heterocycles. The molecule has 1 atom stereocenters. The van der Waals surface area contributed by atoms with Crippen LogP contribution in [-0.4, -0.2) is 43.8 Å². The molecule has 1 N–H and O–H groups in total. The van der Waals surface area contributed by atoms with Gasteiger partial charge in [0.1, 0.15) is 12.6 Å². The van der Waals surface area contributed by atoms with Crippen molar-refractivity contribution in [3.63, 3.8) is 0 Å². The maximum absolute atomic E-state index is 14.2. The fraction of sp³-hybridized carbons (Fsp3) is 0.375. The Labute approximate surface area is 248 Å². The highest BCUT2D eigenvalue weighted by atomic mass is 35.5. The van der Waals surface area contributed by atoms with Crippen molar-refractivity contribution in [3.8, 4) is 0 Å². The summed E-state index contributed by atoms with van der Waals surface area (Å²) in [5.41, 5.74) is 2.81. The van der Waals surface area contributed by atoms with Gasteiger partial charge in [-0.2, -0.15) is 0 Å². The Balaban J connectivity index is 1.74. The van der Waals surface area contributed by atoms with Crippen LogP contribution in [0.3, 0.4) is 0 Å². The van der Waals surface area contributed by atoms with E-state index in [-0.39, 0.29) is 23.4 Å². The molecular formula is C32H38ClN3O4S. The minimum atomic E-state index is -4.11. The lowest BCUT2D eigenvalue weighted by Crippen LogP contribution is -2.53. The number of hydrogen-bond donors (Lipinski definition) is 1. The molecule has 0 heterocycles. The Morgan fingerprint density at radius 2 is 1.56 bits per heavy atom. The van der Waals surface area contributed by atoms with Gasteiger partial charge in [-0.3, -0.25) is 13.9 Å². The molecule has 1 aliphatic rings. The molecule has 0 aliphatic heterocycles. The largest absolute Gasteiger partial charge is 0.352 e. The Hall–Kier alpha value is -3.36. The molecule has 7 nitrogen and oxygen atoms in total. The second-order valence-corrected chi connectivity index (χ2v) is 13.0. The van der Waals surface area contributed by atoms with Crippen LogP contribution >= 0.6 is 11.6 Å². The van der Waals surface area contributed by atoms with Crippen LogP contribution in [0.5, 0.6) is 0 Å². The minimum Gasteiger partial charge on any atom is -0.352 e. The second-order valence-electron chi connectivity index (χ2n) is 10.7. The summed E-state index contributed by atoms with van der Waals surface area (Å²) < 4.78 is 29.1. The van der Waals surface area contributed by atoms with E-state index in [4.69, 9.17) is 11.6 Å². The van der Waals surface area contributed by atoms with Crippen molar-refractivity contribution >= 4 is 39.1 Å².